The molecule has 2 aliphatic rings. The van der Waals surface area contributed by atoms with Crippen molar-refractivity contribution in [3.63, 3.8) is 0 Å². The zero-order chi connectivity index (χ0) is 33.9. The Hall–Kier alpha value is -3.01. The highest BCUT2D eigenvalue weighted by molar-refractivity contribution is 7.98. The smallest absolute Gasteiger partial charge is 0.183 e. The number of nitrogens with zero attached hydrogens (tertiary/aromatic N) is 2. The molecule has 2 aliphatic heterocycles. The van der Waals surface area contributed by atoms with Crippen molar-refractivity contribution in [2.75, 3.05) is 63.8 Å². The molecule has 3 aromatic rings. The van der Waals surface area contributed by atoms with Crippen LogP contribution in [0.4, 0.5) is 5.69 Å². The van der Waals surface area contributed by atoms with Crippen LogP contribution < -0.4 is 10.2 Å². The third-order valence-electron chi connectivity index (χ3n) is 9.17. The van der Waals surface area contributed by atoms with Gasteiger partial charge in [0.05, 0.1) is 37.5 Å². The quantitative estimate of drug-likeness (QED) is 0.168. The minimum atomic E-state index is -0.601. The second kappa shape index (κ2) is 17.4. The fourth-order valence-corrected chi connectivity index (χ4v) is 6.77. The molecular weight excluding hydrogens is 607 g/mol. The van der Waals surface area contributed by atoms with Crippen LogP contribution in [0.1, 0.15) is 67.3 Å². The summed E-state index contributed by atoms with van der Waals surface area (Å²) in [5.74, 6) is 0.350. The predicted molar refractivity (Wildman–Crippen MR) is 194 cm³/mol. The van der Waals surface area contributed by atoms with Gasteiger partial charge >= 0.3 is 0 Å². The number of carbonyl (C=O) groups is 2. The lowest BCUT2D eigenvalue weighted by molar-refractivity contribution is -0.00430. The first-order chi connectivity index (χ1) is 22.6. The summed E-state index contributed by atoms with van der Waals surface area (Å²) in [7, 11) is 0. The summed E-state index contributed by atoms with van der Waals surface area (Å²) < 4.78 is 10.8. The molecule has 0 amide bonds. The standard InChI is InChI=1S/C24H32N2O2.C15H21NO2S/c1-4-24(25-19(2)3,18-20-8-6-5-7-9-20)23(27)21-10-12-22(13-11-21)26-14-16-28-17-15-26;1-15(2,16-8-10-18-11-9-16)14(17)12-4-6-13(19-3)7-5-12/h5-13,19,25H,4,14-18H2,1-3H3;4-7H,8-11H2,1-3H3. The van der Waals surface area contributed by atoms with Crippen LogP contribution in [0.3, 0.4) is 0 Å². The van der Waals surface area contributed by atoms with Gasteiger partial charge in [-0.1, -0.05) is 49.4 Å². The Bertz CT molecular complexity index is 1400. The van der Waals surface area contributed by atoms with Crippen LogP contribution >= 0.6 is 11.8 Å². The summed E-state index contributed by atoms with van der Waals surface area (Å²) in [6, 6.07) is 26.5. The number of morpholine rings is 2. The SMILES string of the molecule is CCC(Cc1ccccc1)(NC(C)C)C(=O)c1ccc(N2CCOCC2)cc1.CSc1ccc(C(=O)C(C)(C)N2CCOCC2)cc1. The summed E-state index contributed by atoms with van der Waals surface area (Å²) >= 11 is 1.69. The molecular formula is C39H53N3O4S. The molecule has 0 saturated carbocycles. The molecule has 3 aromatic carbocycles. The highest BCUT2D eigenvalue weighted by Gasteiger charge is 2.38. The molecule has 0 aromatic heterocycles. The van der Waals surface area contributed by atoms with E-state index in [0.717, 1.165) is 62.6 Å². The van der Waals surface area contributed by atoms with E-state index in [2.05, 4.69) is 60.2 Å². The second-order valence-electron chi connectivity index (χ2n) is 13.1. The lowest BCUT2D eigenvalue weighted by Gasteiger charge is -2.39. The van der Waals surface area contributed by atoms with Crippen molar-refractivity contribution >= 4 is 29.0 Å². The highest BCUT2D eigenvalue weighted by Crippen LogP contribution is 2.26. The number of ketones is 2. The van der Waals surface area contributed by atoms with Gasteiger partial charge < -0.3 is 19.7 Å². The molecule has 0 spiro atoms. The first-order valence-corrected chi connectivity index (χ1v) is 18.1. The Balaban J connectivity index is 0.000000229. The minimum absolute atomic E-state index is 0.168. The lowest BCUT2D eigenvalue weighted by atomic mass is 9.80. The zero-order valence-corrected chi connectivity index (χ0v) is 29.9. The third-order valence-corrected chi connectivity index (χ3v) is 9.91. The van der Waals surface area contributed by atoms with Gasteiger partial charge in [0, 0.05) is 53.9 Å². The number of anilines is 1. The van der Waals surface area contributed by atoms with E-state index in [9.17, 15) is 9.59 Å². The Morgan fingerprint density at radius 1 is 0.787 bits per heavy atom. The second-order valence-corrected chi connectivity index (χ2v) is 14.0. The van der Waals surface area contributed by atoms with E-state index in [0.29, 0.717) is 19.6 Å². The molecule has 1 unspecified atom stereocenters. The molecule has 5 rings (SSSR count). The van der Waals surface area contributed by atoms with E-state index in [1.807, 2.05) is 74.7 Å². The molecule has 2 heterocycles. The topological polar surface area (TPSA) is 71.1 Å². The van der Waals surface area contributed by atoms with Gasteiger partial charge in [-0.05, 0) is 88.8 Å². The number of carbonyl (C=O) groups excluding carboxylic acids is 2. The van der Waals surface area contributed by atoms with Crippen molar-refractivity contribution < 1.29 is 19.1 Å². The molecule has 254 valence electrons. The molecule has 8 heteroatoms. The van der Waals surface area contributed by atoms with Gasteiger partial charge in [0.15, 0.2) is 11.6 Å². The van der Waals surface area contributed by atoms with Crippen molar-refractivity contribution in [3.8, 4) is 0 Å². The maximum absolute atomic E-state index is 13.6. The number of ether oxygens (including phenoxy) is 2. The molecule has 0 bridgehead atoms. The van der Waals surface area contributed by atoms with Gasteiger partial charge in [0.1, 0.15) is 0 Å². The Labute approximate surface area is 286 Å². The molecule has 1 atom stereocenters. The minimum Gasteiger partial charge on any atom is -0.379 e. The maximum atomic E-state index is 13.6. The van der Waals surface area contributed by atoms with Gasteiger partial charge in [0.2, 0.25) is 0 Å². The summed E-state index contributed by atoms with van der Waals surface area (Å²) in [6.45, 7) is 16.7. The van der Waals surface area contributed by atoms with E-state index in [1.165, 1.54) is 10.5 Å². The zero-order valence-electron chi connectivity index (χ0n) is 29.1. The van der Waals surface area contributed by atoms with Crippen LogP contribution in [0, 0.1) is 0 Å². The number of rotatable bonds is 12. The van der Waals surface area contributed by atoms with Gasteiger partial charge in [-0.25, -0.2) is 0 Å². The van der Waals surface area contributed by atoms with E-state index in [1.54, 1.807) is 11.8 Å². The number of hydrogen-bond donors (Lipinski definition) is 1. The highest BCUT2D eigenvalue weighted by atomic mass is 32.2. The van der Waals surface area contributed by atoms with Crippen molar-refractivity contribution in [1.29, 1.82) is 0 Å². The number of thioether (sulfide) groups is 1. The fourth-order valence-electron chi connectivity index (χ4n) is 6.36. The van der Waals surface area contributed by atoms with Crippen molar-refractivity contribution in [3.05, 3.63) is 95.6 Å². The number of benzene rings is 3. The van der Waals surface area contributed by atoms with Crippen LogP contribution in [-0.2, 0) is 15.9 Å². The van der Waals surface area contributed by atoms with Crippen LogP contribution in [0.15, 0.2) is 83.8 Å². The van der Waals surface area contributed by atoms with Crippen LogP contribution in [0.25, 0.3) is 0 Å². The van der Waals surface area contributed by atoms with Crippen molar-refractivity contribution in [2.45, 2.75) is 69.5 Å². The summed E-state index contributed by atoms with van der Waals surface area (Å²) in [6.07, 6.45) is 3.46. The van der Waals surface area contributed by atoms with E-state index in [-0.39, 0.29) is 17.6 Å². The first-order valence-electron chi connectivity index (χ1n) is 16.9. The van der Waals surface area contributed by atoms with Crippen LogP contribution in [-0.4, -0.2) is 92.4 Å². The summed E-state index contributed by atoms with van der Waals surface area (Å²) in [4.78, 5) is 32.0. The summed E-state index contributed by atoms with van der Waals surface area (Å²) in [5.41, 5.74) is 2.82. The van der Waals surface area contributed by atoms with Crippen molar-refractivity contribution in [1.82, 2.24) is 10.2 Å². The molecule has 2 saturated heterocycles. The third kappa shape index (κ3) is 9.77. The van der Waals surface area contributed by atoms with Crippen LogP contribution in [0.2, 0.25) is 0 Å². The maximum Gasteiger partial charge on any atom is 0.183 e. The van der Waals surface area contributed by atoms with Crippen LogP contribution in [0.5, 0.6) is 0 Å². The first kappa shape index (κ1) is 36.8. The predicted octanol–water partition coefficient (Wildman–Crippen LogP) is 6.80. The molecule has 0 radical (unpaired) electrons. The van der Waals surface area contributed by atoms with Gasteiger partial charge in [-0.2, -0.15) is 0 Å². The van der Waals surface area contributed by atoms with E-state index < -0.39 is 11.1 Å². The van der Waals surface area contributed by atoms with Gasteiger partial charge in [0.25, 0.3) is 0 Å². The fraction of sp³-hybridized carbons (Fsp3) is 0.487. The number of hydrogen-bond acceptors (Lipinski definition) is 8. The lowest BCUT2D eigenvalue weighted by Crippen LogP contribution is -2.56. The average Bonchev–Trinajstić information content (AvgIpc) is 3.12. The Morgan fingerprint density at radius 2 is 1.32 bits per heavy atom. The number of Topliss-reactive ketones (excluding diaryl/α,β-unsaturated/α-hetero) is 2. The molecule has 2 fully saturated rings. The monoisotopic (exact) mass is 659 g/mol. The van der Waals surface area contributed by atoms with Crippen molar-refractivity contribution in [2.24, 2.45) is 0 Å². The van der Waals surface area contributed by atoms with Gasteiger partial charge in [-0.3, -0.25) is 14.5 Å². The largest absolute Gasteiger partial charge is 0.379 e. The van der Waals surface area contributed by atoms with E-state index in [4.69, 9.17) is 9.47 Å². The average molecular weight is 660 g/mol. The van der Waals surface area contributed by atoms with E-state index >= 15 is 0 Å². The molecule has 47 heavy (non-hydrogen) atoms. The Morgan fingerprint density at radius 3 is 1.85 bits per heavy atom. The number of nitrogens with one attached hydrogen (secondary N) is 1. The van der Waals surface area contributed by atoms with Gasteiger partial charge in [-0.15, -0.1) is 11.8 Å². The summed E-state index contributed by atoms with van der Waals surface area (Å²) in [5, 5.41) is 3.59. The Kier molecular flexibility index (Phi) is 13.6. The normalized spacial score (nSPS) is 17.0. The molecule has 7 nitrogen and oxygen atoms in total. The molecule has 0 aliphatic carbocycles. The molecule has 1 N–H and O–H groups in total.